The molecule has 0 amide bonds. The van der Waals surface area contributed by atoms with Crippen LogP contribution in [-0.4, -0.2) is 36.6 Å². The van der Waals surface area contributed by atoms with Gasteiger partial charge in [0.25, 0.3) is 0 Å². The quantitative estimate of drug-likeness (QED) is 0.810. The second-order valence-corrected chi connectivity index (χ2v) is 5.16. The summed E-state index contributed by atoms with van der Waals surface area (Å²) in [6.45, 7) is 2.61. The Hall–Kier alpha value is -1.83. The zero-order valence-electron chi connectivity index (χ0n) is 11.9. The molecule has 1 aromatic rings. The number of aromatic nitrogens is 2. The minimum Gasteiger partial charge on any atom is -0.358 e. The molecule has 0 N–H and O–H groups in total. The molecule has 1 aromatic heterocycles. The van der Waals surface area contributed by atoms with E-state index in [0.29, 0.717) is 19.0 Å². The average molecular weight is 259 g/mol. The highest BCUT2D eigenvalue weighted by Crippen LogP contribution is 2.28. The Labute approximate surface area is 114 Å². The van der Waals surface area contributed by atoms with E-state index in [0.717, 1.165) is 17.5 Å². The van der Waals surface area contributed by atoms with Crippen LogP contribution in [0.4, 0.5) is 11.6 Å². The first kappa shape index (κ1) is 13.6. The van der Waals surface area contributed by atoms with E-state index in [1.54, 1.807) is 0 Å². The molecule has 5 nitrogen and oxygen atoms in total. The highest BCUT2D eigenvalue weighted by atomic mass is 15.2. The van der Waals surface area contributed by atoms with Gasteiger partial charge in [0.2, 0.25) is 0 Å². The van der Waals surface area contributed by atoms with Crippen LogP contribution in [-0.2, 0) is 0 Å². The monoisotopic (exact) mass is 259 g/mol. The van der Waals surface area contributed by atoms with Crippen molar-refractivity contribution in [2.45, 2.75) is 38.6 Å². The summed E-state index contributed by atoms with van der Waals surface area (Å²) in [5, 5.41) is 8.65. The lowest BCUT2D eigenvalue weighted by Gasteiger charge is -2.36. The van der Waals surface area contributed by atoms with E-state index in [1.165, 1.54) is 19.3 Å². The van der Waals surface area contributed by atoms with Crippen molar-refractivity contribution >= 4 is 11.6 Å². The lowest BCUT2D eigenvalue weighted by Crippen LogP contribution is -2.38. The van der Waals surface area contributed by atoms with Crippen molar-refractivity contribution < 1.29 is 0 Å². The van der Waals surface area contributed by atoms with Crippen LogP contribution >= 0.6 is 0 Å². The van der Waals surface area contributed by atoms with E-state index < -0.39 is 0 Å². The molecule has 0 saturated heterocycles. The Morgan fingerprint density at radius 2 is 2.00 bits per heavy atom. The van der Waals surface area contributed by atoms with Gasteiger partial charge in [-0.25, -0.2) is 9.97 Å². The van der Waals surface area contributed by atoms with Gasteiger partial charge in [0.1, 0.15) is 17.5 Å². The molecular formula is C14H21N5. The van der Waals surface area contributed by atoms with Crippen molar-refractivity contribution in [1.82, 2.24) is 9.97 Å². The summed E-state index contributed by atoms with van der Waals surface area (Å²) in [7, 11) is 4.07. The number of nitrogens with zero attached hydrogens (tertiary/aromatic N) is 5. The summed E-state index contributed by atoms with van der Waals surface area (Å²) < 4.78 is 0. The number of nitriles is 1. The van der Waals surface area contributed by atoms with Crippen LogP contribution in [0.1, 0.15) is 31.5 Å². The van der Waals surface area contributed by atoms with E-state index in [4.69, 9.17) is 5.26 Å². The smallest absolute Gasteiger partial charge is 0.134 e. The molecule has 0 aromatic carbocycles. The van der Waals surface area contributed by atoms with Gasteiger partial charge in [0, 0.05) is 32.7 Å². The molecule has 1 heterocycles. The normalized spacial score (nSPS) is 14.6. The van der Waals surface area contributed by atoms with Crippen LogP contribution in [0.25, 0.3) is 0 Å². The summed E-state index contributed by atoms with van der Waals surface area (Å²) in [4.78, 5) is 13.2. The molecule has 19 heavy (non-hydrogen) atoms. The second-order valence-electron chi connectivity index (χ2n) is 5.16. The fourth-order valence-corrected chi connectivity index (χ4v) is 2.21. The van der Waals surface area contributed by atoms with E-state index in [9.17, 15) is 0 Å². The summed E-state index contributed by atoms with van der Waals surface area (Å²) in [5.41, 5.74) is 0. The van der Waals surface area contributed by atoms with Gasteiger partial charge in [-0.05, 0) is 26.2 Å². The minimum absolute atomic E-state index is 0.507. The van der Waals surface area contributed by atoms with Gasteiger partial charge in [-0.1, -0.05) is 0 Å². The molecule has 0 unspecified atom stereocenters. The van der Waals surface area contributed by atoms with Gasteiger partial charge in [0.15, 0.2) is 0 Å². The van der Waals surface area contributed by atoms with E-state index in [1.807, 2.05) is 24.9 Å². The van der Waals surface area contributed by atoms with Gasteiger partial charge < -0.3 is 9.80 Å². The highest BCUT2D eigenvalue weighted by Gasteiger charge is 2.23. The maximum absolute atomic E-state index is 8.65. The number of anilines is 2. The molecule has 0 atom stereocenters. The molecule has 2 rings (SSSR count). The molecule has 5 heteroatoms. The zero-order valence-corrected chi connectivity index (χ0v) is 11.9. The van der Waals surface area contributed by atoms with Crippen molar-refractivity contribution in [2.24, 2.45) is 0 Å². The van der Waals surface area contributed by atoms with Gasteiger partial charge >= 0.3 is 0 Å². The summed E-state index contributed by atoms with van der Waals surface area (Å²) in [5.74, 6) is 2.66. The molecule has 0 bridgehead atoms. The fraction of sp³-hybridized carbons (Fsp3) is 0.643. The van der Waals surface area contributed by atoms with Gasteiger partial charge in [0.05, 0.1) is 12.5 Å². The Morgan fingerprint density at radius 1 is 1.32 bits per heavy atom. The molecular weight excluding hydrogens is 238 g/mol. The number of rotatable bonds is 5. The van der Waals surface area contributed by atoms with Crippen LogP contribution in [0.2, 0.25) is 0 Å². The van der Waals surface area contributed by atoms with E-state index in [2.05, 4.69) is 28.0 Å². The highest BCUT2D eigenvalue weighted by molar-refractivity contribution is 5.51. The van der Waals surface area contributed by atoms with Crippen molar-refractivity contribution in [2.75, 3.05) is 30.4 Å². The van der Waals surface area contributed by atoms with Gasteiger partial charge in [-0.2, -0.15) is 5.26 Å². The van der Waals surface area contributed by atoms with Crippen LogP contribution in [0.3, 0.4) is 0 Å². The van der Waals surface area contributed by atoms with Crippen molar-refractivity contribution in [3.05, 3.63) is 11.9 Å². The van der Waals surface area contributed by atoms with Gasteiger partial charge in [-0.15, -0.1) is 0 Å². The lowest BCUT2D eigenvalue weighted by atomic mass is 9.92. The first-order valence-corrected chi connectivity index (χ1v) is 6.78. The number of aryl methyl sites for hydroxylation is 1. The third-order valence-corrected chi connectivity index (χ3v) is 3.74. The molecule has 0 aliphatic heterocycles. The topological polar surface area (TPSA) is 56.1 Å². The summed E-state index contributed by atoms with van der Waals surface area (Å²) in [6.07, 6.45) is 4.32. The van der Waals surface area contributed by atoms with Crippen LogP contribution in [0, 0.1) is 18.3 Å². The molecule has 1 aliphatic rings. The Morgan fingerprint density at radius 3 is 2.58 bits per heavy atom. The number of hydrogen-bond acceptors (Lipinski definition) is 5. The fourth-order valence-electron chi connectivity index (χ4n) is 2.21. The van der Waals surface area contributed by atoms with Crippen molar-refractivity contribution in [1.29, 1.82) is 5.26 Å². The van der Waals surface area contributed by atoms with E-state index in [-0.39, 0.29) is 0 Å². The summed E-state index contributed by atoms with van der Waals surface area (Å²) in [6, 6.07) is 4.80. The second kappa shape index (κ2) is 5.87. The van der Waals surface area contributed by atoms with Crippen LogP contribution < -0.4 is 9.80 Å². The Balaban J connectivity index is 2.16. The Bertz CT molecular complexity index is 475. The zero-order chi connectivity index (χ0) is 13.8. The summed E-state index contributed by atoms with van der Waals surface area (Å²) >= 11 is 0. The third kappa shape index (κ3) is 3.14. The molecule has 0 spiro atoms. The Kier molecular flexibility index (Phi) is 4.20. The molecule has 1 saturated carbocycles. The van der Waals surface area contributed by atoms with Gasteiger partial charge in [-0.3, -0.25) is 0 Å². The standard InChI is InChI=1S/C14H21N5/c1-11-16-13(18(2)9-5-8-15)10-14(17-11)19(3)12-6-4-7-12/h10,12H,4-7,9H2,1-3H3. The predicted octanol–water partition coefficient (Wildman–Crippen LogP) is 2.12. The van der Waals surface area contributed by atoms with Crippen LogP contribution in [0.15, 0.2) is 6.07 Å². The maximum Gasteiger partial charge on any atom is 0.134 e. The first-order valence-electron chi connectivity index (χ1n) is 6.78. The molecule has 1 fully saturated rings. The SMILES string of the molecule is Cc1nc(N(C)CCC#N)cc(N(C)C2CCC2)n1. The van der Waals surface area contributed by atoms with Crippen molar-refractivity contribution in [3.8, 4) is 6.07 Å². The average Bonchev–Trinajstić information content (AvgIpc) is 2.33. The van der Waals surface area contributed by atoms with Crippen molar-refractivity contribution in [3.63, 3.8) is 0 Å². The molecule has 1 aliphatic carbocycles. The predicted molar refractivity (Wildman–Crippen MR) is 76.3 cm³/mol. The third-order valence-electron chi connectivity index (χ3n) is 3.74. The van der Waals surface area contributed by atoms with E-state index >= 15 is 0 Å². The largest absolute Gasteiger partial charge is 0.358 e. The van der Waals surface area contributed by atoms with Crippen LogP contribution in [0.5, 0.6) is 0 Å². The molecule has 0 radical (unpaired) electrons. The minimum atomic E-state index is 0.507. The first-order chi connectivity index (χ1) is 9.11. The maximum atomic E-state index is 8.65. The molecule has 102 valence electrons. The lowest BCUT2D eigenvalue weighted by molar-refractivity contribution is 0.399. The number of hydrogen-bond donors (Lipinski definition) is 0.